The number of aromatic carboxylic acids is 1. The molecule has 0 aliphatic rings. The molecule has 0 fully saturated rings. The number of rotatable bonds is 2. The number of carbonyl (C=O) groups is 1. The summed E-state index contributed by atoms with van der Waals surface area (Å²) in [5, 5.41) is 9.11. The van der Waals surface area contributed by atoms with Crippen molar-refractivity contribution in [2.75, 3.05) is 0 Å². The molecule has 0 atom stereocenters. The zero-order chi connectivity index (χ0) is 9.35. The van der Waals surface area contributed by atoms with Gasteiger partial charge in [-0.3, -0.25) is 0 Å². The first-order chi connectivity index (χ1) is 5.41. The van der Waals surface area contributed by atoms with Crippen LogP contribution < -0.4 is 64.2 Å². The van der Waals surface area contributed by atoms with Gasteiger partial charge in [0.1, 0.15) is 5.97 Å². The van der Waals surface area contributed by atoms with E-state index in [1.807, 2.05) is 0 Å². The van der Waals surface area contributed by atoms with Crippen LogP contribution in [0.1, 0.15) is 10.6 Å². The molecule has 6 nitrogen and oxygen atoms in total. The summed E-state index contributed by atoms with van der Waals surface area (Å²) >= 11 is 0. The number of carboxylic acids is 1. The number of carboxylic acid groups (broad SMARTS) is 1. The maximum atomic E-state index is 10.2. The first-order valence-electron chi connectivity index (χ1n) is 2.68. The Bertz CT molecular complexity index is 408. The summed E-state index contributed by atoms with van der Waals surface area (Å²) in [6.07, 6.45) is 0. The van der Waals surface area contributed by atoms with Crippen molar-refractivity contribution in [1.82, 2.24) is 0 Å². The van der Waals surface area contributed by atoms with Gasteiger partial charge in [-0.05, 0) is 12.1 Å². The molecule has 0 bridgehead atoms. The smallest absolute Gasteiger partial charge is 0.742 e. The minimum Gasteiger partial charge on any atom is -0.742 e. The van der Waals surface area contributed by atoms with Crippen LogP contribution in [0.4, 0.5) is 0 Å². The van der Waals surface area contributed by atoms with Crippen molar-refractivity contribution in [1.29, 1.82) is 0 Å². The van der Waals surface area contributed by atoms with Gasteiger partial charge in [0.15, 0.2) is 15.9 Å². The Hall–Kier alpha value is 0.660. The standard InChI is InChI=1S/C5H4O6S.2Na/c6-5(7)3-1-2-4(11-3)12(8,9)10;;/h1-2H,(H,6,7)(H,8,9,10);;/q;2*+1/p-2. The van der Waals surface area contributed by atoms with Crippen molar-refractivity contribution in [3.63, 3.8) is 0 Å². The number of carbonyl (C=O) groups excluding carboxylic acids is 1. The molecule has 9 heteroatoms. The van der Waals surface area contributed by atoms with Gasteiger partial charge < -0.3 is 18.9 Å². The van der Waals surface area contributed by atoms with E-state index in [0.717, 1.165) is 12.1 Å². The van der Waals surface area contributed by atoms with E-state index in [1.165, 1.54) is 0 Å². The van der Waals surface area contributed by atoms with Crippen LogP contribution >= 0.6 is 0 Å². The summed E-state index contributed by atoms with van der Waals surface area (Å²) in [4.78, 5) is 10.0. The number of hydrogen-bond acceptors (Lipinski definition) is 6. The molecule has 0 unspecified atom stereocenters. The van der Waals surface area contributed by atoms with Crippen molar-refractivity contribution >= 4 is 16.1 Å². The average Bonchev–Trinajstić information content (AvgIpc) is 2.30. The van der Waals surface area contributed by atoms with Crippen LogP contribution in [0.25, 0.3) is 0 Å². The fourth-order valence-corrected chi connectivity index (χ4v) is 0.991. The SMILES string of the molecule is O=C([O-])c1ccc(S(=O)(=O)[O-])o1.[Na+].[Na+]. The van der Waals surface area contributed by atoms with Crippen molar-refractivity contribution < 1.29 is 86.4 Å². The van der Waals surface area contributed by atoms with Crippen molar-refractivity contribution in [2.24, 2.45) is 0 Å². The average molecular weight is 236 g/mol. The van der Waals surface area contributed by atoms with E-state index in [2.05, 4.69) is 4.42 Å². The molecule has 0 spiro atoms. The summed E-state index contributed by atoms with van der Waals surface area (Å²) in [6.45, 7) is 0. The molecule has 0 radical (unpaired) electrons. The van der Waals surface area contributed by atoms with Gasteiger partial charge in [-0.15, -0.1) is 0 Å². The molecule has 0 saturated heterocycles. The van der Waals surface area contributed by atoms with Crippen LogP contribution in [0.3, 0.4) is 0 Å². The maximum absolute atomic E-state index is 10.2. The second-order valence-electron chi connectivity index (χ2n) is 1.86. The van der Waals surface area contributed by atoms with E-state index in [0.29, 0.717) is 0 Å². The molecular weight excluding hydrogens is 234 g/mol. The monoisotopic (exact) mass is 236 g/mol. The minimum atomic E-state index is -4.72. The van der Waals surface area contributed by atoms with Gasteiger partial charge in [0.2, 0.25) is 5.09 Å². The Labute approximate surface area is 124 Å². The Morgan fingerprint density at radius 3 is 2.00 bits per heavy atom. The van der Waals surface area contributed by atoms with Crippen LogP contribution in [0.15, 0.2) is 21.6 Å². The third-order valence-electron chi connectivity index (χ3n) is 1.03. The molecule has 0 saturated carbocycles. The molecule has 14 heavy (non-hydrogen) atoms. The fourth-order valence-electron chi connectivity index (χ4n) is 0.564. The van der Waals surface area contributed by atoms with Crippen LogP contribution in [-0.2, 0) is 10.1 Å². The van der Waals surface area contributed by atoms with Crippen molar-refractivity contribution in [2.45, 2.75) is 5.09 Å². The predicted molar refractivity (Wildman–Crippen MR) is 31.0 cm³/mol. The van der Waals surface area contributed by atoms with Crippen LogP contribution in [0.5, 0.6) is 0 Å². The first kappa shape index (κ1) is 17.1. The van der Waals surface area contributed by atoms with Gasteiger partial charge in [-0.25, -0.2) is 8.42 Å². The van der Waals surface area contributed by atoms with Crippen molar-refractivity contribution in [3.05, 3.63) is 17.9 Å². The predicted octanol–water partition coefficient (Wildman–Crippen LogP) is -7.44. The molecule has 0 aromatic carbocycles. The second-order valence-corrected chi connectivity index (χ2v) is 3.17. The van der Waals surface area contributed by atoms with E-state index in [-0.39, 0.29) is 59.1 Å². The van der Waals surface area contributed by atoms with Gasteiger partial charge in [-0.1, -0.05) is 0 Å². The quantitative estimate of drug-likeness (QED) is 0.372. The first-order valence-corrected chi connectivity index (χ1v) is 4.09. The molecule has 1 heterocycles. The summed E-state index contributed by atoms with van der Waals surface area (Å²) in [5.74, 6) is -2.37. The zero-order valence-corrected chi connectivity index (χ0v) is 12.3. The zero-order valence-electron chi connectivity index (χ0n) is 7.51. The Balaban J connectivity index is 0. The third kappa shape index (κ3) is 4.45. The third-order valence-corrected chi connectivity index (χ3v) is 1.74. The molecule has 1 rings (SSSR count). The summed E-state index contributed by atoms with van der Waals surface area (Å²) in [7, 11) is -4.72. The van der Waals surface area contributed by atoms with Gasteiger partial charge >= 0.3 is 59.1 Å². The molecule has 1 aromatic rings. The van der Waals surface area contributed by atoms with E-state index in [1.54, 1.807) is 0 Å². The largest absolute Gasteiger partial charge is 1.00 e. The molecular formula is C5H2Na2O6S. The molecule has 0 aliphatic heterocycles. The van der Waals surface area contributed by atoms with Crippen molar-refractivity contribution in [3.8, 4) is 0 Å². The van der Waals surface area contributed by atoms with E-state index < -0.39 is 26.9 Å². The minimum absolute atomic E-state index is 0. The van der Waals surface area contributed by atoms with Gasteiger partial charge in [0.25, 0.3) is 0 Å². The van der Waals surface area contributed by atoms with Gasteiger partial charge in [0, 0.05) is 0 Å². The Kier molecular flexibility index (Phi) is 7.67. The van der Waals surface area contributed by atoms with E-state index in [4.69, 9.17) is 0 Å². The summed E-state index contributed by atoms with van der Waals surface area (Å²) < 4.78 is 34.8. The maximum Gasteiger partial charge on any atom is 1.00 e. The number of furan rings is 1. The molecule has 0 aliphatic carbocycles. The van der Waals surface area contributed by atoms with Crippen LogP contribution in [0.2, 0.25) is 0 Å². The Morgan fingerprint density at radius 2 is 1.79 bits per heavy atom. The topological polar surface area (TPSA) is 110 Å². The Morgan fingerprint density at radius 1 is 1.29 bits per heavy atom. The normalized spacial score (nSPS) is 9.79. The van der Waals surface area contributed by atoms with Gasteiger partial charge in [-0.2, -0.15) is 0 Å². The van der Waals surface area contributed by atoms with Crippen LogP contribution in [0, 0.1) is 0 Å². The molecule has 0 N–H and O–H groups in total. The fraction of sp³-hybridized carbons (Fsp3) is 0. The summed E-state index contributed by atoms with van der Waals surface area (Å²) in [6, 6.07) is 1.59. The van der Waals surface area contributed by atoms with Crippen LogP contribution in [-0.4, -0.2) is 18.9 Å². The molecule has 0 amide bonds. The summed E-state index contributed by atoms with van der Waals surface area (Å²) in [5.41, 5.74) is 0. The van der Waals surface area contributed by atoms with E-state index in [9.17, 15) is 22.9 Å². The molecule has 1 aromatic heterocycles. The second kappa shape index (κ2) is 6.29. The van der Waals surface area contributed by atoms with Gasteiger partial charge in [0.05, 0.1) is 0 Å². The number of hydrogen-bond donors (Lipinski definition) is 0. The molecule has 66 valence electrons. The van der Waals surface area contributed by atoms with E-state index >= 15 is 0 Å².